The number of aromatic hydroxyl groups is 1. The summed E-state index contributed by atoms with van der Waals surface area (Å²) in [5.74, 6) is -0.0736. The van der Waals surface area contributed by atoms with Crippen LogP contribution in [0.5, 0.6) is 5.75 Å². The van der Waals surface area contributed by atoms with Crippen LogP contribution in [0, 0.1) is 0 Å². The molecule has 0 fully saturated rings. The molecule has 0 aliphatic rings. The number of rotatable bonds is 3. The lowest BCUT2D eigenvalue weighted by molar-refractivity contribution is 0.0960. The number of aromatic nitrogens is 1. The van der Waals surface area contributed by atoms with Crippen LogP contribution < -0.4 is 16.6 Å². The van der Waals surface area contributed by atoms with E-state index in [2.05, 4.69) is 15.8 Å². The molecule has 2 aromatic rings. The largest absolute Gasteiger partial charge is 0.507 e. The molecule has 1 heterocycles. The highest BCUT2D eigenvalue weighted by molar-refractivity contribution is 7.13. The zero-order valence-electron chi connectivity index (χ0n) is 8.68. The molecule has 1 aromatic carbocycles. The average molecular weight is 250 g/mol. The number of nitrogen functional groups attached to an aromatic ring is 1. The average Bonchev–Trinajstić information content (AvgIpc) is 2.73. The Morgan fingerprint density at radius 2 is 2.18 bits per heavy atom. The van der Waals surface area contributed by atoms with E-state index in [4.69, 9.17) is 5.73 Å². The number of hydrazine groups is 1. The molecule has 0 spiro atoms. The minimum atomic E-state index is -0.449. The normalized spacial score (nSPS) is 9.88. The Labute approximate surface area is 101 Å². The summed E-state index contributed by atoms with van der Waals surface area (Å²) in [6.45, 7) is 0. The fourth-order valence-electron chi connectivity index (χ4n) is 1.20. The van der Waals surface area contributed by atoms with Gasteiger partial charge in [-0.25, -0.2) is 4.98 Å². The second-order valence-electron chi connectivity index (χ2n) is 3.17. The smallest absolute Gasteiger partial charge is 0.273 e. The minimum absolute atomic E-state index is 0.0791. The van der Waals surface area contributed by atoms with Crippen LogP contribution in [0.3, 0.4) is 0 Å². The van der Waals surface area contributed by atoms with Gasteiger partial charge in [0.15, 0.2) is 10.9 Å². The Morgan fingerprint density at radius 3 is 2.82 bits per heavy atom. The van der Waals surface area contributed by atoms with Crippen LogP contribution in [0.2, 0.25) is 0 Å². The molecular formula is C10H10N4O2S. The first kappa shape index (κ1) is 11.2. The first-order valence-electron chi connectivity index (χ1n) is 4.72. The Bertz CT molecular complexity index is 541. The molecule has 0 radical (unpaired) electrons. The Hall–Kier alpha value is -2.28. The number of hydrogen-bond acceptors (Lipinski definition) is 6. The van der Waals surface area contributed by atoms with Crippen LogP contribution in [0.1, 0.15) is 10.4 Å². The third kappa shape index (κ3) is 2.64. The molecule has 7 heteroatoms. The maximum atomic E-state index is 11.7. The molecule has 88 valence electrons. The number of carbonyl (C=O) groups is 1. The Kier molecular flexibility index (Phi) is 3.10. The van der Waals surface area contributed by atoms with Crippen LogP contribution >= 0.6 is 11.3 Å². The summed E-state index contributed by atoms with van der Waals surface area (Å²) in [6.07, 6.45) is 0. The number of nitrogens with one attached hydrogen (secondary N) is 2. The van der Waals surface area contributed by atoms with E-state index in [-0.39, 0.29) is 11.3 Å². The van der Waals surface area contributed by atoms with Gasteiger partial charge in [-0.15, -0.1) is 11.3 Å². The lowest BCUT2D eigenvalue weighted by Gasteiger charge is -2.06. The number of carbonyl (C=O) groups excluding carboxylic acids is 1. The molecule has 1 aromatic heterocycles. The number of phenols is 1. The van der Waals surface area contributed by atoms with Gasteiger partial charge in [0.05, 0.1) is 5.56 Å². The second-order valence-corrected chi connectivity index (χ2v) is 4.06. The summed E-state index contributed by atoms with van der Waals surface area (Å²) >= 11 is 1.26. The van der Waals surface area contributed by atoms with Crippen molar-refractivity contribution in [3.8, 4) is 5.75 Å². The van der Waals surface area contributed by atoms with Gasteiger partial charge in [0, 0.05) is 5.38 Å². The van der Waals surface area contributed by atoms with Gasteiger partial charge in [-0.1, -0.05) is 12.1 Å². The molecule has 0 aliphatic heterocycles. The first-order valence-corrected chi connectivity index (χ1v) is 5.60. The zero-order chi connectivity index (χ0) is 12.3. The van der Waals surface area contributed by atoms with Gasteiger partial charge in [0.2, 0.25) is 0 Å². The highest BCUT2D eigenvalue weighted by Gasteiger charge is 2.09. The van der Waals surface area contributed by atoms with Gasteiger partial charge in [0.1, 0.15) is 5.75 Å². The first-order chi connectivity index (χ1) is 8.16. The van der Waals surface area contributed by atoms with E-state index in [1.54, 1.807) is 17.5 Å². The number of nitrogens with two attached hydrogens (primary N) is 1. The van der Waals surface area contributed by atoms with Gasteiger partial charge < -0.3 is 10.8 Å². The lowest BCUT2D eigenvalue weighted by atomic mass is 10.2. The molecule has 1 amide bonds. The number of phenolic OH excluding ortho intramolecular Hbond substituents is 1. The van der Waals surface area contributed by atoms with Gasteiger partial charge >= 0.3 is 0 Å². The highest BCUT2D eigenvalue weighted by Crippen LogP contribution is 2.16. The van der Waals surface area contributed by atoms with Gasteiger partial charge in [-0.3, -0.25) is 15.6 Å². The lowest BCUT2D eigenvalue weighted by Crippen LogP contribution is -2.29. The Morgan fingerprint density at radius 1 is 1.41 bits per heavy atom. The van der Waals surface area contributed by atoms with Crippen LogP contribution in [0.4, 0.5) is 10.9 Å². The van der Waals surface area contributed by atoms with Gasteiger partial charge in [-0.2, -0.15) is 0 Å². The number of hydrogen-bond donors (Lipinski definition) is 4. The number of thiazole rings is 1. The quantitative estimate of drug-likeness (QED) is 0.613. The van der Waals surface area contributed by atoms with Crippen molar-refractivity contribution < 1.29 is 9.90 Å². The fourth-order valence-corrected chi connectivity index (χ4v) is 1.69. The van der Waals surface area contributed by atoms with Gasteiger partial charge in [0.25, 0.3) is 5.91 Å². The molecule has 6 nitrogen and oxygen atoms in total. The fraction of sp³-hybridized carbons (Fsp3) is 0. The molecule has 5 N–H and O–H groups in total. The molecule has 0 aliphatic carbocycles. The summed E-state index contributed by atoms with van der Waals surface area (Å²) in [6, 6.07) is 6.26. The van der Waals surface area contributed by atoms with Crippen molar-refractivity contribution in [2.24, 2.45) is 0 Å². The molecule has 0 saturated heterocycles. The van der Waals surface area contributed by atoms with Crippen molar-refractivity contribution in [3.05, 3.63) is 35.2 Å². The SMILES string of the molecule is Nc1nc(NNC(=O)c2ccccc2O)cs1. The summed E-state index contributed by atoms with van der Waals surface area (Å²) in [5, 5.41) is 11.5. The van der Waals surface area contributed by atoms with E-state index in [9.17, 15) is 9.90 Å². The maximum Gasteiger partial charge on any atom is 0.273 e. The van der Waals surface area contributed by atoms with Gasteiger partial charge in [-0.05, 0) is 12.1 Å². The number of nitrogens with zero attached hydrogens (tertiary/aromatic N) is 1. The minimum Gasteiger partial charge on any atom is -0.507 e. The van der Waals surface area contributed by atoms with Crippen molar-refractivity contribution in [1.82, 2.24) is 10.4 Å². The molecule has 0 unspecified atom stereocenters. The third-order valence-electron chi connectivity index (χ3n) is 1.97. The maximum absolute atomic E-state index is 11.7. The summed E-state index contributed by atoms with van der Waals surface area (Å²) < 4.78 is 0. The van der Waals surface area contributed by atoms with E-state index in [1.807, 2.05) is 0 Å². The number of para-hydroxylation sites is 1. The molecule has 0 saturated carbocycles. The predicted octanol–water partition coefficient (Wildman–Crippen LogP) is 1.19. The van der Waals surface area contributed by atoms with E-state index >= 15 is 0 Å². The number of anilines is 2. The third-order valence-corrected chi connectivity index (χ3v) is 2.65. The Balaban J connectivity index is 2.01. The molecule has 0 bridgehead atoms. The predicted molar refractivity (Wildman–Crippen MR) is 65.7 cm³/mol. The molecular weight excluding hydrogens is 240 g/mol. The van der Waals surface area contributed by atoms with Crippen LogP contribution in [0.15, 0.2) is 29.6 Å². The van der Waals surface area contributed by atoms with Crippen molar-refractivity contribution in [1.29, 1.82) is 0 Å². The van der Waals surface area contributed by atoms with E-state index < -0.39 is 5.91 Å². The molecule has 2 rings (SSSR count). The van der Waals surface area contributed by atoms with Crippen LogP contribution in [-0.4, -0.2) is 16.0 Å². The number of benzene rings is 1. The van der Waals surface area contributed by atoms with E-state index in [0.29, 0.717) is 10.9 Å². The van der Waals surface area contributed by atoms with Crippen LogP contribution in [0.25, 0.3) is 0 Å². The summed E-state index contributed by atoms with van der Waals surface area (Å²) in [4.78, 5) is 15.6. The van der Waals surface area contributed by atoms with Crippen LogP contribution in [-0.2, 0) is 0 Å². The second kappa shape index (κ2) is 4.71. The summed E-state index contributed by atoms with van der Waals surface area (Å²) in [7, 11) is 0. The highest BCUT2D eigenvalue weighted by atomic mass is 32.1. The van der Waals surface area contributed by atoms with Crippen molar-refractivity contribution in [2.75, 3.05) is 11.2 Å². The monoisotopic (exact) mass is 250 g/mol. The molecule has 0 atom stereocenters. The number of amides is 1. The topological polar surface area (TPSA) is 100 Å². The standard InChI is InChI=1S/C10H10N4O2S/c11-10-12-8(5-17-10)13-14-9(16)6-3-1-2-4-7(6)15/h1-5,13,15H,(H2,11,12)(H,14,16). The zero-order valence-corrected chi connectivity index (χ0v) is 9.49. The van der Waals surface area contributed by atoms with E-state index in [0.717, 1.165) is 0 Å². The van der Waals surface area contributed by atoms with Crippen molar-refractivity contribution in [2.45, 2.75) is 0 Å². The van der Waals surface area contributed by atoms with E-state index in [1.165, 1.54) is 23.5 Å². The molecule has 17 heavy (non-hydrogen) atoms. The summed E-state index contributed by atoms with van der Waals surface area (Å²) in [5.41, 5.74) is 10.6. The van der Waals surface area contributed by atoms with Crippen molar-refractivity contribution in [3.63, 3.8) is 0 Å². The van der Waals surface area contributed by atoms with Crippen molar-refractivity contribution >= 4 is 28.2 Å².